The van der Waals surface area contributed by atoms with Gasteiger partial charge in [0.05, 0.1) is 12.5 Å². The lowest BCUT2D eigenvalue weighted by molar-refractivity contribution is -0.148. The van der Waals surface area contributed by atoms with Crippen molar-refractivity contribution >= 4 is 13.0 Å². The Labute approximate surface area is 132 Å². The number of nitrogens with zero attached hydrogens (tertiary/aromatic N) is 1. The van der Waals surface area contributed by atoms with Crippen molar-refractivity contribution in [2.75, 3.05) is 19.7 Å². The second kappa shape index (κ2) is 7.76. The first kappa shape index (κ1) is 17.0. The number of hydrogen-bond donors (Lipinski definition) is 2. The highest BCUT2D eigenvalue weighted by atomic mass is 16.5. The van der Waals surface area contributed by atoms with Crippen LogP contribution in [-0.4, -0.2) is 48.6 Å². The third-order valence-corrected chi connectivity index (χ3v) is 4.23. The number of rotatable bonds is 6. The topological polar surface area (TPSA) is 61.8 Å². The molecule has 120 valence electrons. The third-order valence-electron chi connectivity index (χ3n) is 4.23. The van der Waals surface area contributed by atoms with Crippen LogP contribution in [0.5, 0.6) is 0 Å². The Morgan fingerprint density at radius 1 is 1.45 bits per heavy atom. The number of esters is 1. The van der Waals surface area contributed by atoms with Gasteiger partial charge >= 0.3 is 13.0 Å². The van der Waals surface area contributed by atoms with Crippen LogP contribution in [0.3, 0.4) is 0 Å². The average molecular weight is 304 g/mol. The summed E-state index contributed by atoms with van der Waals surface area (Å²) >= 11 is 0. The van der Waals surface area contributed by atoms with Gasteiger partial charge in [0.2, 0.25) is 0 Å². The molecule has 22 heavy (non-hydrogen) atoms. The normalized spacial score (nSPS) is 23.3. The number of nitrogens with one attached hydrogen (secondary N) is 1. The zero-order chi connectivity index (χ0) is 16.1. The molecule has 5 nitrogen and oxygen atoms in total. The molecule has 1 heterocycles. The Kier molecular flexibility index (Phi) is 6.00. The van der Waals surface area contributed by atoms with Crippen LogP contribution in [0.15, 0.2) is 30.3 Å². The van der Waals surface area contributed by atoms with Crippen molar-refractivity contribution in [3.8, 4) is 0 Å². The van der Waals surface area contributed by atoms with Gasteiger partial charge in [0.25, 0.3) is 0 Å². The number of hydrogen-bond acceptors (Lipinski definition) is 5. The predicted octanol–water partition coefficient (Wildman–Crippen LogP) is 1.31. The quantitative estimate of drug-likeness (QED) is 0.613. The van der Waals surface area contributed by atoms with E-state index in [1.54, 1.807) is 6.82 Å². The number of ether oxygens (including phenoxy) is 1. The second-order valence-corrected chi connectivity index (χ2v) is 5.85. The molecule has 2 rings (SSSR count). The molecule has 1 fully saturated rings. The summed E-state index contributed by atoms with van der Waals surface area (Å²) in [5, 5.41) is 13.3. The van der Waals surface area contributed by atoms with Crippen LogP contribution in [-0.2, 0) is 9.53 Å². The van der Waals surface area contributed by atoms with E-state index in [1.807, 2.05) is 29.9 Å². The van der Waals surface area contributed by atoms with E-state index in [0.29, 0.717) is 19.7 Å². The van der Waals surface area contributed by atoms with E-state index in [4.69, 9.17) is 4.74 Å². The molecular weight excluding hydrogens is 279 g/mol. The highest BCUT2D eigenvalue weighted by Crippen LogP contribution is 2.23. The molecule has 1 aromatic rings. The molecule has 1 aliphatic heterocycles. The maximum Gasteiger partial charge on any atom is 0.376 e. The highest BCUT2D eigenvalue weighted by molar-refractivity contribution is 6.45. The summed E-state index contributed by atoms with van der Waals surface area (Å²) < 4.78 is 5.18. The molecule has 0 aliphatic carbocycles. The molecule has 1 aromatic carbocycles. The summed E-state index contributed by atoms with van der Waals surface area (Å²) in [6, 6.07) is 10.3. The predicted molar refractivity (Wildman–Crippen MR) is 87.3 cm³/mol. The maximum atomic E-state index is 12.2. The molecule has 1 saturated heterocycles. The van der Waals surface area contributed by atoms with Gasteiger partial charge in [-0.25, -0.2) is 0 Å². The molecule has 0 spiro atoms. The Morgan fingerprint density at radius 3 is 2.73 bits per heavy atom. The lowest BCUT2D eigenvalue weighted by atomic mass is 9.86. The van der Waals surface area contributed by atoms with Gasteiger partial charge in [-0.15, -0.1) is 0 Å². The molecule has 0 amide bonds. The van der Waals surface area contributed by atoms with Gasteiger partial charge in [0, 0.05) is 25.2 Å². The van der Waals surface area contributed by atoms with E-state index in [-0.39, 0.29) is 24.0 Å². The van der Waals surface area contributed by atoms with Gasteiger partial charge in [-0.2, -0.15) is 0 Å². The molecule has 2 N–H and O–H groups in total. The first-order valence-corrected chi connectivity index (χ1v) is 7.92. The molecule has 1 aliphatic rings. The average Bonchev–Trinajstić information content (AvgIpc) is 2.92. The summed E-state index contributed by atoms with van der Waals surface area (Å²) in [6.07, 6.45) is 0. The standard InChI is InChI=1S/C16H25BN2O3/c1-4-22-16(20)14-10-19(17(3)21)11-15(14)18-12(2)13-8-6-5-7-9-13/h5-9,12,14-15,18,21H,4,10-11H2,1-3H3/t12-,14-,15-/m0/s1. The van der Waals surface area contributed by atoms with Crippen molar-refractivity contribution in [3.63, 3.8) is 0 Å². The van der Waals surface area contributed by atoms with E-state index in [2.05, 4.69) is 24.4 Å². The minimum Gasteiger partial charge on any atom is -0.466 e. The fourth-order valence-corrected chi connectivity index (χ4v) is 2.96. The Morgan fingerprint density at radius 2 is 2.14 bits per heavy atom. The minimum absolute atomic E-state index is 0.0242. The fourth-order valence-electron chi connectivity index (χ4n) is 2.96. The summed E-state index contributed by atoms with van der Waals surface area (Å²) in [7, 11) is -0.559. The van der Waals surface area contributed by atoms with Crippen LogP contribution in [0.25, 0.3) is 0 Å². The van der Waals surface area contributed by atoms with Crippen LogP contribution < -0.4 is 5.32 Å². The van der Waals surface area contributed by atoms with Gasteiger partial charge in [0.1, 0.15) is 0 Å². The summed E-state index contributed by atoms with van der Waals surface area (Å²) in [6.45, 7) is 7.17. The van der Waals surface area contributed by atoms with Gasteiger partial charge in [-0.05, 0) is 26.2 Å². The van der Waals surface area contributed by atoms with Crippen molar-refractivity contribution in [1.82, 2.24) is 10.1 Å². The maximum absolute atomic E-state index is 12.2. The van der Waals surface area contributed by atoms with Gasteiger partial charge in [0.15, 0.2) is 0 Å². The summed E-state index contributed by atoms with van der Waals surface area (Å²) in [4.78, 5) is 14.1. The molecule has 0 unspecified atom stereocenters. The third kappa shape index (κ3) is 4.09. The monoisotopic (exact) mass is 304 g/mol. The van der Waals surface area contributed by atoms with E-state index >= 15 is 0 Å². The van der Waals surface area contributed by atoms with Crippen molar-refractivity contribution in [1.29, 1.82) is 0 Å². The van der Waals surface area contributed by atoms with Crippen LogP contribution in [0, 0.1) is 5.92 Å². The zero-order valence-electron chi connectivity index (χ0n) is 13.5. The van der Waals surface area contributed by atoms with Gasteiger partial charge in [-0.3, -0.25) is 4.79 Å². The first-order valence-electron chi connectivity index (χ1n) is 7.92. The van der Waals surface area contributed by atoms with E-state index in [9.17, 15) is 9.82 Å². The Balaban J connectivity index is 2.06. The highest BCUT2D eigenvalue weighted by Gasteiger charge is 2.41. The SMILES string of the molecule is CCOC(=O)[C@H]1CN(B(C)O)C[C@@H]1N[C@@H](C)c1ccccc1. The van der Waals surface area contributed by atoms with Gasteiger partial charge < -0.3 is 19.9 Å². The molecule has 0 bridgehead atoms. The lowest BCUT2D eigenvalue weighted by Gasteiger charge is -2.23. The zero-order valence-corrected chi connectivity index (χ0v) is 13.5. The molecule has 6 heteroatoms. The second-order valence-electron chi connectivity index (χ2n) is 5.85. The van der Waals surface area contributed by atoms with E-state index in [1.165, 1.54) is 5.56 Å². The van der Waals surface area contributed by atoms with Crippen LogP contribution in [0.1, 0.15) is 25.5 Å². The smallest absolute Gasteiger partial charge is 0.376 e. The Bertz CT molecular complexity index is 484. The Hall–Kier alpha value is -1.37. The van der Waals surface area contributed by atoms with Crippen molar-refractivity contribution in [2.45, 2.75) is 32.8 Å². The fraction of sp³-hybridized carbons (Fsp3) is 0.562. The van der Waals surface area contributed by atoms with Gasteiger partial charge in [-0.1, -0.05) is 30.3 Å². The summed E-state index contributed by atoms with van der Waals surface area (Å²) in [5.74, 6) is -0.441. The largest absolute Gasteiger partial charge is 0.466 e. The first-order chi connectivity index (χ1) is 10.5. The van der Waals surface area contributed by atoms with Crippen molar-refractivity contribution in [3.05, 3.63) is 35.9 Å². The van der Waals surface area contributed by atoms with Crippen LogP contribution >= 0.6 is 0 Å². The summed E-state index contributed by atoms with van der Waals surface area (Å²) in [5.41, 5.74) is 1.18. The van der Waals surface area contributed by atoms with E-state index in [0.717, 1.165) is 0 Å². The van der Waals surface area contributed by atoms with Crippen LogP contribution in [0.4, 0.5) is 0 Å². The number of carbonyl (C=O) groups excluding carboxylic acids is 1. The number of carbonyl (C=O) groups is 1. The van der Waals surface area contributed by atoms with Crippen molar-refractivity contribution < 1.29 is 14.6 Å². The minimum atomic E-state index is -0.559. The molecule has 0 radical (unpaired) electrons. The molecule has 3 atom stereocenters. The van der Waals surface area contributed by atoms with Crippen molar-refractivity contribution in [2.24, 2.45) is 5.92 Å². The molecule has 0 saturated carbocycles. The van der Waals surface area contributed by atoms with Crippen LogP contribution in [0.2, 0.25) is 6.82 Å². The molecule has 0 aromatic heterocycles. The van der Waals surface area contributed by atoms with E-state index < -0.39 is 7.05 Å². The lowest BCUT2D eigenvalue weighted by Crippen LogP contribution is -2.42. The molecular formula is C16H25BN2O3. The number of benzene rings is 1.